The van der Waals surface area contributed by atoms with Crippen LogP contribution in [0.4, 0.5) is 23.2 Å². The first-order valence-electron chi connectivity index (χ1n) is 14.1. The van der Waals surface area contributed by atoms with Crippen LogP contribution in [0.2, 0.25) is 0 Å². The number of likely N-dealkylation sites (tertiary alicyclic amines) is 1. The molecule has 0 radical (unpaired) electrons. The van der Waals surface area contributed by atoms with E-state index in [9.17, 15) is 17.6 Å². The predicted octanol–water partition coefficient (Wildman–Crippen LogP) is 6.28. The molecule has 2 fully saturated rings. The molecule has 0 amide bonds. The zero-order valence-electron chi connectivity index (χ0n) is 23.1. The Morgan fingerprint density at radius 3 is 2.69 bits per heavy atom. The van der Waals surface area contributed by atoms with Gasteiger partial charge in [0.2, 0.25) is 0 Å². The van der Waals surface area contributed by atoms with E-state index in [-0.39, 0.29) is 25.5 Å². The molecule has 2 N–H and O–H groups in total. The minimum atomic E-state index is -4.44. The molecule has 4 heterocycles. The van der Waals surface area contributed by atoms with Gasteiger partial charge in [0.05, 0.1) is 36.1 Å². The highest BCUT2D eigenvalue weighted by Crippen LogP contribution is 2.34. The lowest BCUT2D eigenvalue weighted by Gasteiger charge is -2.33. The number of aliphatic imine (C=N–C) groups is 2. The van der Waals surface area contributed by atoms with Crippen LogP contribution in [0.1, 0.15) is 50.4 Å². The Labute approximate surface area is 244 Å². The van der Waals surface area contributed by atoms with Crippen molar-refractivity contribution in [1.29, 1.82) is 0 Å². The number of amidine groups is 1. The molecule has 6 rings (SSSR count). The van der Waals surface area contributed by atoms with E-state index < -0.39 is 24.9 Å². The fourth-order valence-corrected chi connectivity index (χ4v) is 5.80. The maximum Gasteiger partial charge on any atom is 0.406 e. The Morgan fingerprint density at radius 2 is 1.98 bits per heavy atom. The average Bonchev–Trinajstić information content (AvgIpc) is 3.62. The molecule has 3 aromatic rings. The molecule has 42 heavy (non-hydrogen) atoms. The molecule has 3 aliphatic rings. The molecule has 1 saturated carbocycles. The summed E-state index contributed by atoms with van der Waals surface area (Å²) in [6.07, 6.45) is 2.90. The number of benzene rings is 1. The second kappa shape index (κ2) is 11.9. The third kappa shape index (κ3) is 6.25. The van der Waals surface area contributed by atoms with E-state index in [4.69, 9.17) is 0 Å². The van der Waals surface area contributed by atoms with Crippen LogP contribution in [0.25, 0.3) is 16.6 Å². The summed E-state index contributed by atoms with van der Waals surface area (Å²) in [6.45, 7) is 4.71. The molecule has 2 aromatic heterocycles. The first kappa shape index (κ1) is 29.9. The van der Waals surface area contributed by atoms with Crippen molar-refractivity contribution in [1.82, 2.24) is 19.4 Å². The number of rotatable bonds is 9. The van der Waals surface area contributed by atoms with Crippen LogP contribution >= 0.6 is 0 Å². The predicted molar refractivity (Wildman–Crippen MR) is 162 cm³/mol. The van der Waals surface area contributed by atoms with Gasteiger partial charge in [-0.2, -0.15) is 13.2 Å². The molecular formula is C31H39F4N7. The van der Waals surface area contributed by atoms with Crippen LogP contribution in [-0.2, 0) is 6.54 Å². The van der Waals surface area contributed by atoms with E-state index >= 15 is 0 Å². The second-order valence-electron chi connectivity index (χ2n) is 11.4. The molecular weight excluding hydrogens is 546 g/mol. The minimum Gasteiger partial charge on any atom is -0.380 e. The van der Waals surface area contributed by atoms with Crippen molar-refractivity contribution in [2.24, 2.45) is 9.98 Å². The Kier molecular flexibility index (Phi) is 8.50. The molecule has 1 aromatic carbocycles. The molecule has 2 aliphatic heterocycles. The normalized spacial score (nSPS) is 21.5. The van der Waals surface area contributed by atoms with Gasteiger partial charge in [0, 0.05) is 53.9 Å². The van der Waals surface area contributed by atoms with Crippen molar-refractivity contribution >= 4 is 33.8 Å². The Morgan fingerprint density at radius 1 is 1.17 bits per heavy atom. The lowest BCUT2D eigenvalue weighted by Crippen LogP contribution is -2.46. The monoisotopic (exact) mass is 585 g/mol. The van der Waals surface area contributed by atoms with Crippen molar-refractivity contribution < 1.29 is 17.6 Å². The number of halogens is 4. The first-order chi connectivity index (χ1) is 19.6. The van der Waals surface area contributed by atoms with Crippen LogP contribution in [0.5, 0.6) is 0 Å². The highest BCUT2D eigenvalue weighted by atomic mass is 19.4. The summed E-state index contributed by atoms with van der Waals surface area (Å²) in [7, 11) is 1.88. The fourth-order valence-electron chi connectivity index (χ4n) is 5.80. The second-order valence-corrected chi connectivity index (χ2v) is 11.4. The van der Waals surface area contributed by atoms with Gasteiger partial charge >= 0.3 is 6.18 Å². The van der Waals surface area contributed by atoms with Gasteiger partial charge in [0.1, 0.15) is 12.7 Å². The smallest absolute Gasteiger partial charge is 0.380 e. The molecule has 7 nitrogen and oxygen atoms in total. The molecule has 2 atom stereocenters. The average molecular weight is 586 g/mol. The zero-order chi connectivity index (χ0) is 28.7. The third-order valence-electron chi connectivity index (χ3n) is 8.34. The van der Waals surface area contributed by atoms with Crippen molar-refractivity contribution in [2.45, 2.75) is 64.1 Å². The molecule has 1 saturated heterocycles. The van der Waals surface area contributed by atoms with Crippen molar-refractivity contribution in [3.8, 4) is 0 Å². The van der Waals surface area contributed by atoms with Gasteiger partial charge in [-0.3, -0.25) is 4.99 Å². The quantitative estimate of drug-likeness (QED) is 0.291. The number of piperidine rings is 1. The summed E-state index contributed by atoms with van der Waals surface area (Å²) in [5, 5.41) is 7.15. The van der Waals surface area contributed by atoms with Crippen molar-refractivity contribution in [3.63, 3.8) is 0 Å². The van der Waals surface area contributed by atoms with E-state index in [1.807, 2.05) is 18.0 Å². The number of anilines is 1. The number of nitrogens with one attached hydrogen (secondary N) is 2. The largest absolute Gasteiger partial charge is 0.406 e. The Bertz CT molecular complexity index is 1490. The fraction of sp³-hybridized carbons (Fsp3) is 0.484. The van der Waals surface area contributed by atoms with Gasteiger partial charge in [0.15, 0.2) is 5.84 Å². The van der Waals surface area contributed by atoms with Crippen molar-refractivity contribution in [2.75, 3.05) is 38.5 Å². The number of aromatic nitrogens is 2. The molecule has 2 unspecified atom stereocenters. The summed E-state index contributed by atoms with van der Waals surface area (Å²) >= 11 is 0. The highest BCUT2D eigenvalue weighted by molar-refractivity contribution is 6.14. The summed E-state index contributed by atoms with van der Waals surface area (Å²) in [5.41, 5.74) is 3.78. The Balaban J connectivity index is 0.00000353. The summed E-state index contributed by atoms with van der Waals surface area (Å²) in [6, 6.07) is 9.00. The molecule has 0 spiro atoms. The zero-order valence-corrected chi connectivity index (χ0v) is 23.1. The van der Waals surface area contributed by atoms with Gasteiger partial charge in [-0.1, -0.05) is 20.1 Å². The van der Waals surface area contributed by atoms with Gasteiger partial charge in [-0.15, -0.1) is 0 Å². The van der Waals surface area contributed by atoms with Crippen LogP contribution < -0.4 is 10.6 Å². The maximum atomic E-state index is 14.8. The SMILES string of the molecule is C.C=C(NCC1=NC(c2cc3c(NC4CCN(C)CC4F)cccc3n2CC(F)(F)F)=NC1)c1ccn(C2CCC2)c1. The Hall–Kier alpha value is -3.60. The van der Waals surface area contributed by atoms with E-state index in [0.29, 0.717) is 47.9 Å². The van der Waals surface area contributed by atoms with Crippen LogP contribution in [-0.4, -0.2) is 77.2 Å². The maximum absolute atomic E-state index is 14.8. The molecule has 0 bridgehead atoms. The number of alkyl halides is 4. The van der Waals surface area contributed by atoms with Crippen molar-refractivity contribution in [3.05, 3.63) is 60.6 Å². The lowest BCUT2D eigenvalue weighted by atomic mass is 9.93. The third-order valence-corrected chi connectivity index (χ3v) is 8.34. The topological polar surface area (TPSA) is 61.9 Å². The first-order valence-corrected chi connectivity index (χ1v) is 14.1. The summed E-state index contributed by atoms with van der Waals surface area (Å²) in [5.74, 6) is 0.262. The minimum absolute atomic E-state index is 0. The number of nitrogens with zero attached hydrogens (tertiary/aromatic N) is 5. The van der Waals surface area contributed by atoms with E-state index in [1.54, 1.807) is 24.3 Å². The van der Waals surface area contributed by atoms with Gasteiger partial charge in [0.25, 0.3) is 0 Å². The van der Waals surface area contributed by atoms with Gasteiger partial charge < -0.3 is 24.7 Å². The molecule has 1 aliphatic carbocycles. The van der Waals surface area contributed by atoms with E-state index in [1.165, 1.54) is 23.8 Å². The van der Waals surface area contributed by atoms with E-state index in [0.717, 1.165) is 17.8 Å². The standard InChI is InChI=1S/C30H35F4N7.CH4/c1-19(20-9-12-40(16-20)22-5-3-6-22)35-14-21-15-36-29(37-21)28-13-23-25(38-26-10-11-39(2)17-24(26)31)7-4-8-27(23)41(28)18-30(32,33)34;/h4,7-9,12-13,16,22,24,26,35,38H,1,3,5-6,10-11,14-15,17-18H2,2H3;1H4. The number of fused-ring (bicyclic) bond motifs is 1. The number of hydrogen-bond donors (Lipinski definition) is 2. The van der Waals surface area contributed by atoms with E-state index in [2.05, 4.69) is 44.2 Å². The highest BCUT2D eigenvalue weighted by Gasteiger charge is 2.32. The van der Waals surface area contributed by atoms with Crippen LogP contribution in [0, 0.1) is 0 Å². The van der Waals surface area contributed by atoms with Gasteiger partial charge in [-0.05, 0) is 57.0 Å². The summed E-state index contributed by atoms with van der Waals surface area (Å²) in [4.78, 5) is 11.1. The molecule has 226 valence electrons. The lowest BCUT2D eigenvalue weighted by molar-refractivity contribution is -0.139. The van der Waals surface area contributed by atoms with Crippen LogP contribution in [0.3, 0.4) is 0 Å². The van der Waals surface area contributed by atoms with Crippen LogP contribution in [0.15, 0.2) is 59.3 Å². The molecule has 11 heteroatoms. The number of hydrogen-bond acceptors (Lipinski definition) is 5. The van der Waals surface area contributed by atoms with Gasteiger partial charge in [-0.25, -0.2) is 9.38 Å². The summed E-state index contributed by atoms with van der Waals surface area (Å²) < 4.78 is 59.3.